The van der Waals surface area contributed by atoms with Crippen molar-refractivity contribution in [1.82, 2.24) is 4.31 Å². The van der Waals surface area contributed by atoms with Crippen LogP contribution in [0.5, 0.6) is 5.75 Å². The zero-order chi connectivity index (χ0) is 24.4. The second kappa shape index (κ2) is 12.7. The molecule has 1 fully saturated rings. The maximum atomic E-state index is 13.4. The average molecular weight is 479 g/mol. The van der Waals surface area contributed by atoms with E-state index in [1.54, 1.807) is 24.3 Å². The van der Waals surface area contributed by atoms with E-state index in [1.807, 2.05) is 30.3 Å². The molecule has 4 N–H and O–H groups in total. The fourth-order valence-corrected chi connectivity index (χ4v) is 5.55. The molecule has 0 saturated carbocycles. The van der Waals surface area contributed by atoms with Crippen LogP contribution >= 0.6 is 0 Å². The van der Waals surface area contributed by atoms with E-state index in [1.165, 1.54) is 4.31 Å². The van der Waals surface area contributed by atoms with Crippen molar-refractivity contribution in [3.63, 3.8) is 0 Å². The number of hydrogen-bond donors (Lipinski definition) is 3. The van der Waals surface area contributed by atoms with Crippen LogP contribution in [0.2, 0.25) is 0 Å². The average Bonchev–Trinajstić information content (AvgIpc) is 2.81. The van der Waals surface area contributed by atoms with Crippen LogP contribution < -0.4 is 10.6 Å². The zero-order valence-electron chi connectivity index (χ0n) is 19.1. The van der Waals surface area contributed by atoms with Gasteiger partial charge in [0.15, 0.2) is 0 Å². The number of hydrogen-bond acceptors (Lipinski definition) is 6. The topological polar surface area (TPSA) is 130 Å². The third-order valence-electron chi connectivity index (χ3n) is 5.72. The Labute approximate surface area is 196 Å². The molecule has 2 aromatic carbocycles. The van der Waals surface area contributed by atoms with Gasteiger partial charge in [0.1, 0.15) is 5.75 Å². The van der Waals surface area contributed by atoms with Crippen LogP contribution in [0.1, 0.15) is 38.7 Å². The number of aliphatic carboxylic acids is 1. The molecule has 182 valence electrons. The van der Waals surface area contributed by atoms with Crippen molar-refractivity contribution in [3.05, 3.63) is 60.2 Å². The molecule has 8 nitrogen and oxygen atoms in total. The zero-order valence-corrected chi connectivity index (χ0v) is 19.9. The summed E-state index contributed by atoms with van der Waals surface area (Å²) in [6.45, 7) is 5.03. The van der Waals surface area contributed by atoms with Crippen molar-refractivity contribution in [3.8, 4) is 5.75 Å². The first-order chi connectivity index (χ1) is 15.8. The lowest BCUT2D eigenvalue weighted by atomic mass is 9.89. The molecule has 2 aromatic rings. The molecule has 1 saturated heterocycles. The van der Waals surface area contributed by atoms with Crippen molar-refractivity contribution in [2.45, 2.75) is 50.5 Å². The van der Waals surface area contributed by atoms with Crippen LogP contribution in [-0.2, 0) is 21.2 Å². The smallest absolute Gasteiger partial charge is 0.306 e. The molecule has 33 heavy (non-hydrogen) atoms. The van der Waals surface area contributed by atoms with Gasteiger partial charge in [-0.15, -0.1) is 0 Å². The van der Waals surface area contributed by atoms with Crippen LogP contribution in [0.15, 0.2) is 59.5 Å². The fourth-order valence-electron chi connectivity index (χ4n) is 3.90. The highest BCUT2D eigenvalue weighted by Gasteiger charge is 2.39. The molecule has 0 amide bonds. The molecule has 0 aromatic heterocycles. The largest absolute Gasteiger partial charge is 0.494 e. The highest BCUT2D eigenvalue weighted by molar-refractivity contribution is 7.89. The fraction of sp³-hybridized carbons (Fsp3) is 0.458. The van der Waals surface area contributed by atoms with Gasteiger partial charge in [-0.1, -0.05) is 44.2 Å². The van der Waals surface area contributed by atoms with Gasteiger partial charge in [-0.05, 0) is 61.4 Å². The minimum Gasteiger partial charge on any atom is -0.494 e. The van der Waals surface area contributed by atoms with Gasteiger partial charge >= 0.3 is 5.97 Å². The monoisotopic (exact) mass is 478 g/mol. The molecule has 2 atom stereocenters. The molecule has 0 aliphatic carbocycles. The van der Waals surface area contributed by atoms with Crippen LogP contribution in [0.25, 0.3) is 0 Å². The summed E-state index contributed by atoms with van der Waals surface area (Å²) in [6.07, 6.45) is 2.04. The third kappa shape index (κ3) is 7.53. The second-order valence-corrected chi connectivity index (χ2v) is 10.4. The van der Waals surface area contributed by atoms with Crippen LogP contribution in [0, 0.1) is 11.8 Å². The third-order valence-corrected chi connectivity index (χ3v) is 7.69. The number of carboxylic acid groups (broad SMARTS) is 1. The van der Waals surface area contributed by atoms with Gasteiger partial charge in [-0.3, -0.25) is 4.79 Å². The lowest BCUT2D eigenvalue weighted by molar-refractivity contribution is -0.143. The highest BCUT2D eigenvalue weighted by atomic mass is 32.2. The Bertz CT molecular complexity index is 964. The van der Waals surface area contributed by atoms with Crippen molar-refractivity contribution in [2.24, 2.45) is 17.7 Å². The Kier molecular flexibility index (Phi) is 10.3. The lowest BCUT2D eigenvalue weighted by Gasteiger charge is -2.37. The summed E-state index contributed by atoms with van der Waals surface area (Å²) in [5, 5.41) is 16.0. The minimum atomic E-state index is -3.75. The molecular formula is C24H34N2O6S. The Morgan fingerprint density at radius 2 is 1.76 bits per heavy atom. The first kappa shape index (κ1) is 26.8. The summed E-state index contributed by atoms with van der Waals surface area (Å²) < 4.78 is 34.0. The highest BCUT2D eigenvalue weighted by Crippen LogP contribution is 2.31. The van der Waals surface area contributed by atoms with Crippen molar-refractivity contribution in [2.75, 3.05) is 13.2 Å². The van der Waals surface area contributed by atoms with E-state index >= 15 is 0 Å². The van der Waals surface area contributed by atoms with Crippen LogP contribution in [0.3, 0.4) is 0 Å². The number of rotatable bonds is 9. The SMILES string of the molecule is CC(C)CCOc1ccc(S(=O)(=O)N2CCC(C(=O)O)CC2Cc2ccccc2)cc1.NO. The standard InChI is InChI=1S/C24H31NO5S.H3NO/c1-18(2)13-15-30-22-8-10-23(11-9-22)31(28,29)25-14-12-20(24(26)27)17-21(25)16-19-6-4-3-5-7-19;1-2/h3-11,18,20-21H,12-17H2,1-2H3,(H,26,27);2H,1H2. The van der Waals surface area contributed by atoms with E-state index in [0.717, 1.165) is 12.0 Å². The van der Waals surface area contributed by atoms with Gasteiger partial charge in [0.05, 0.1) is 17.4 Å². The molecule has 3 rings (SSSR count). The molecule has 1 heterocycles. The van der Waals surface area contributed by atoms with Gasteiger partial charge < -0.3 is 15.1 Å². The van der Waals surface area contributed by atoms with Crippen LogP contribution in [-0.4, -0.2) is 48.2 Å². The van der Waals surface area contributed by atoms with Gasteiger partial charge in [0.25, 0.3) is 0 Å². The number of nitrogens with zero attached hydrogens (tertiary/aromatic N) is 1. The van der Waals surface area contributed by atoms with Crippen molar-refractivity contribution in [1.29, 1.82) is 0 Å². The molecule has 0 radical (unpaired) electrons. The lowest BCUT2D eigenvalue weighted by Crippen LogP contribution is -2.48. The Morgan fingerprint density at radius 3 is 2.33 bits per heavy atom. The van der Waals surface area contributed by atoms with Gasteiger partial charge in [-0.2, -0.15) is 4.31 Å². The summed E-state index contributed by atoms with van der Waals surface area (Å²) >= 11 is 0. The number of ether oxygens (including phenoxy) is 1. The maximum absolute atomic E-state index is 13.4. The summed E-state index contributed by atoms with van der Waals surface area (Å²) in [7, 11) is -3.75. The number of nitrogens with two attached hydrogens (primary N) is 1. The summed E-state index contributed by atoms with van der Waals surface area (Å²) in [5.41, 5.74) is 0.993. The predicted octanol–water partition coefficient (Wildman–Crippen LogP) is 3.54. The normalized spacial score (nSPS) is 18.9. The number of benzene rings is 2. The predicted molar refractivity (Wildman–Crippen MR) is 126 cm³/mol. The van der Waals surface area contributed by atoms with Gasteiger partial charge in [0, 0.05) is 12.6 Å². The molecule has 0 bridgehead atoms. The number of carboxylic acids is 1. The number of sulfonamides is 1. The van der Waals surface area contributed by atoms with E-state index in [2.05, 4.69) is 19.7 Å². The van der Waals surface area contributed by atoms with E-state index in [9.17, 15) is 18.3 Å². The van der Waals surface area contributed by atoms with Gasteiger partial charge in [0.2, 0.25) is 10.0 Å². The molecule has 1 aliphatic rings. The molecular weight excluding hydrogens is 444 g/mol. The summed E-state index contributed by atoms with van der Waals surface area (Å²) in [4.78, 5) is 11.8. The van der Waals surface area contributed by atoms with Crippen LogP contribution in [0.4, 0.5) is 0 Å². The second-order valence-electron chi connectivity index (χ2n) is 8.52. The summed E-state index contributed by atoms with van der Waals surface area (Å²) in [5.74, 6) is 3.29. The van der Waals surface area contributed by atoms with E-state index < -0.39 is 28.0 Å². The first-order valence-electron chi connectivity index (χ1n) is 11.0. The first-order valence-corrected chi connectivity index (χ1v) is 12.5. The Balaban J connectivity index is 0.00000187. The number of piperidine rings is 1. The van der Waals surface area contributed by atoms with E-state index in [4.69, 9.17) is 9.94 Å². The Hall–Kier alpha value is -2.46. The molecule has 9 heteroatoms. The molecule has 2 unspecified atom stereocenters. The van der Waals surface area contributed by atoms with Crippen molar-refractivity contribution < 1.29 is 28.3 Å². The quantitative estimate of drug-likeness (QED) is 0.470. The maximum Gasteiger partial charge on any atom is 0.306 e. The van der Waals surface area contributed by atoms with Gasteiger partial charge in [-0.25, -0.2) is 14.3 Å². The molecule has 1 aliphatic heterocycles. The summed E-state index contributed by atoms with van der Waals surface area (Å²) in [6, 6.07) is 15.7. The van der Waals surface area contributed by atoms with E-state index in [-0.39, 0.29) is 11.4 Å². The van der Waals surface area contributed by atoms with E-state index in [0.29, 0.717) is 37.5 Å². The van der Waals surface area contributed by atoms with Crippen molar-refractivity contribution >= 4 is 16.0 Å². The Morgan fingerprint density at radius 1 is 1.12 bits per heavy atom. The number of carbonyl (C=O) groups is 1. The minimum absolute atomic E-state index is 0.198. The molecule has 0 spiro atoms.